The van der Waals surface area contributed by atoms with Crippen molar-refractivity contribution in [1.29, 1.82) is 0 Å². The number of fused-ring (bicyclic) bond motifs is 1. The van der Waals surface area contributed by atoms with E-state index in [1.54, 1.807) is 4.68 Å². The summed E-state index contributed by atoms with van der Waals surface area (Å²) < 4.78 is 68.7. The molecule has 3 aliphatic rings. The van der Waals surface area contributed by atoms with Crippen molar-refractivity contribution in [3.63, 3.8) is 0 Å². The number of allylic oxidation sites excluding steroid dienone is 2. The first kappa shape index (κ1) is 39.1. The highest BCUT2D eigenvalue weighted by molar-refractivity contribution is 7.93. The maximum absolute atomic E-state index is 13.6. The molecule has 1 aromatic carbocycles. The number of carbonyl (C=O) groups is 2. The fourth-order valence-corrected chi connectivity index (χ4v) is 8.81. The Morgan fingerprint density at radius 3 is 2.41 bits per heavy atom. The van der Waals surface area contributed by atoms with Crippen LogP contribution in [0.15, 0.2) is 46.2 Å². The fraction of sp³-hybridized carbons (Fsp3) is 0.543. The van der Waals surface area contributed by atoms with E-state index in [0.29, 0.717) is 50.1 Å². The molecule has 6 rings (SSSR count). The lowest BCUT2D eigenvalue weighted by Gasteiger charge is -2.33. The summed E-state index contributed by atoms with van der Waals surface area (Å²) in [7, 11) is -2.06. The summed E-state index contributed by atoms with van der Waals surface area (Å²) in [6, 6.07) is 5.60. The summed E-state index contributed by atoms with van der Waals surface area (Å²) in [4.78, 5) is 39.9. The van der Waals surface area contributed by atoms with E-state index in [2.05, 4.69) is 54.6 Å². The molecule has 54 heavy (non-hydrogen) atoms. The highest BCUT2D eigenvalue weighted by Gasteiger charge is 2.34. The average molecular weight is 774 g/mol. The molecule has 2 aromatic heterocycles. The number of amides is 3. The molecule has 4 N–H and O–H groups in total. The van der Waals surface area contributed by atoms with Crippen LogP contribution < -0.4 is 21.3 Å². The molecule has 0 aliphatic carbocycles. The van der Waals surface area contributed by atoms with Crippen molar-refractivity contribution in [3.05, 3.63) is 52.3 Å². The Morgan fingerprint density at radius 2 is 1.78 bits per heavy atom. The lowest BCUT2D eigenvalue weighted by molar-refractivity contribution is -0.138. The lowest BCUT2D eigenvalue weighted by atomic mass is 9.88. The van der Waals surface area contributed by atoms with E-state index < -0.39 is 27.8 Å². The molecule has 1 atom stereocenters. The molecule has 1 unspecified atom stereocenters. The largest absolute Gasteiger partial charge is 0.419 e. The SMILES string of the molecule is CC(N)=C(C=NCC(C)CN1CCC(c2ccc3c(N4CCC(=O)NC4=O)nn(C)c3c2)CC1)S(=O)(=O)N1CCC(Nc2ncc(C(F)(F)F)cn2)CC1. The Labute approximate surface area is 311 Å². The number of hydrogen-bond acceptors (Lipinski definition) is 11. The first-order chi connectivity index (χ1) is 25.6. The standard InChI is InChI=1S/C35H46F3N11O4S/c1-22(17-40-20-30(23(2)39)54(52,53)48-13-8-27(9-14-48)43-33-41-18-26(19-42-33)35(36,37)38)21-47-11-6-24(7-12-47)25-4-5-28-29(16-25)46(3)45-32(28)49-15-10-31(50)44-34(49)51/h4-5,16,18-20,22,24,27H,6-15,17,21,39H2,1-3H3,(H,41,42,43)(H,44,50,51). The second-order valence-electron chi connectivity index (χ2n) is 14.3. The first-order valence-corrected chi connectivity index (χ1v) is 19.5. The van der Waals surface area contributed by atoms with E-state index in [1.165, 1.54) is 27.9 Å². The predicted molar refractivity (Wildman–Crippen MR) is 198 cm³/mol. The Hall–Kier alpha value is -4.62. The third-order valence-corrected chi connectivity index (χ3v) is 12.2. The van der Waals surface area contributed by atoms with Crippen LogP contribution in [0.5, 0.6) is 0 Å². The minimum atomic E-state index is -4.53. The molecular weight excluding hydrogens is 728 g/mol. The van der Waals surface area contributed by atoms with Crippen LogP contribution in [0.25, 0.3) is 10.9 Å². The van der Waals surface area contributed by atoms with Crippen molar-refractivity contribution < 1.29 is 31.2 Å². The first-order valence-electron chi connectivity index (χ1n) is 18.0. The number of nitrogens with zero attached hydrogens (tertiary/aromatic N) is 8. The number of imide groups is 1. The highest BCUT2D eigenvalue weighted by Crippen LogP contribution is 2.34. The van der Waals surface area contributed by atoms with E-state index in [4.69, 9.17) is 5.73 Å². The second kappa shape index (κ2) is 16.0. The molecule has 3 fully saturated rings. The van der Waals surface area contributed by atoms with E-state index >= 15 is 0 Å². The molecule has 0 radical (unpaired) electrons. The number of rotatable bonds is 11. The highest BCUT2D eigenvalue weighted by atomic mass is 32.2. The number of sulfonamides is 1. The van der Waals surface area contributed by atoms with Gasteiger partial charge < -0.3 is 16.0 Å². The van der Waals surface area contributed by atoms with E-state index in [1.807, 2.05) is 13.1 Å². The molecule has 0 saturated carbocycles. The average Bonchev–Trinajstić information content (AvgIpc) is 3.45. The van der Waals surface area contributed by atoms with E-state index in [0.717, 1.165) is 43.4 Å². The third-order valence-electron chi connectivity index (χ3n) is 10.2. The molecule has 3 amide bonds. The number of aryl methyl sites for hydroxylation is 1. The molecule has 292 valence electrons. The van der Waals surface area contributed by atoms with Crippen molar-refractivity contribution in [2.75, 3.05) is 56.0 Å². The molecule has 3 saturated heterocycles. The minimum Gasteiger partial charge on any atom is -0.401 e. The molecule has 3 aromatic rings. The predicted octanol–water partition coefficient (Wildman–Crippen LogP) is 3.81. The van der Waals surface area contributed by atoms with Crippen LogP contribution in [0, 0.1) is 5.92 Å². The maximum atomic E-state index is 13.6. The maximum Gasteiger partial charge on any atom is 0.419 e. The quantitative estimate of drug-likeness (QED) is 0.242. The van der Waals surface area contributed by atoms with Crippen LogP contribution in [-0.2, 0) is 28.0 Å². The van der Waals surface area contributed by atoms with Gasteiger partial charge in [-0.05, 0) is 75.2 Å². The number of aliphatic imine (C=N–C) groups is 1. The minimum absolute atomic E-state index is 0.0418. The zero-order valence-corrected chi connectivity index (χ0v) is 31.3. The number of nitrogens with one attached hydrogen (secondary N) is 2. The molecule has 0 spiro atoms. The van der Waals surface area contributed by atoms with Crippen molar-refractivity contribution in [3.8, 4) is 0 Å². The molecular formula is C35H46F3N11O4S. The third kappa shape index (κ3) is 8.84. The number of nitrogens with two attached hydrogens (primary N) is 1. The van der Waals surface area contributed by atoms with Gasteiger partial charge >= 0.3 is 12.2 Å². The van der Waals surface area contributed by atoms with Crippen molar-refractivity contribution in [2.45, 2.75) is 64.1 Å². The van der Waals surface area contributed by atoms with Crippen LogP contribution in [0.4, 0.5) is 29.7 Å². The summed E-state index contributed by atoms with van der Waals surface area (Å²) >= 11 is 0. The zero-order chi connectivity index (χ0) is 38.8. The Morgan fingerprint density at radius 1 is 1.09 bits per heavy atom. The van der Waals surface area contributed by atoms with Gasteiger partial charge in [0.2, 0.25) is 21.9 Å². The van der Waals surface area contributed by atoms with Gasteiger partial charge in [-0.2, -0.15) is 22.6 Å². The Kier molecular flexibility index (Phi) is 11.6. The van der Waals surface area contributed by atoms with Gasteiger partial charge in [0.25, 0.3) is 0 Å². The van der Waals surface area contributed by atoms with Crippen LogP contribution in [-0.4, -0.2) is 107 Å². The topological polar surface area (TPSA) is 184 Å². The monoisotopic (exact) mass is 773 g/mol. The summed E-state index contributed by atoms with van der Waals surface area (Å²) in [6.45, 7) is 7.34. The second-order valence-corrected chi connectivity index (χ2v) is 16.2. The van der Waals surface area contributed by atoms with Gasteiger partial charge in [0.15, 0.2) is 5.82 Å². The Bertz CT molecular complexity index is 2020. The molecule has 0 bridgehead atoms. The smallest absolute Gasteiger partial charge is 0.401 e. The van der Waals surface area contributed by atoms with Gasteiger partial charge in [0, 0.05) is 81.9 Å². The lowest BCUT2D eigenvalue weighted by Crippen LogP contribution is -2.49. The van der Waals surface area contributed by atoms with E-state index in [-0.39, 0.29) is 53.9 Å². The van der Waals surface area contributed by atoms with Gasteiger partial charge in [-0.3, -0.25) is 24.7 Å². The van der Waals surface area contributed by atoms with Gasteiger partial charge in [-0.1, -0.05) is 13.0 Å². The number of urea groups is 1. The Balaban J connectivity index is 0.970. The molecule has 5 heterocycles. The number of benzene rings is 1. The van der Waals surface area contributed by atoms with Crippen LogP contribution in [0.3, 0.4) is 0 Å². The van der Waals surface area contributed by atoms with Gasteiger partial charge in [0.05, 0.1) is 11.1 Å². The molecule has 19 heteroatoms. The van der Waals surface area contributed by atoms with Crippen LogP contribution in [0.1, 0.15) is 63.0 Å². The number of hydrogen-bond donors (Lipinski definition) is 3. The van der Waals surface area contributed by atoms with Crippen molar-refractivity contribution >= 4 is 50.8 Å². The number of carbonyl (C=O) groups excluding carboxylic acids is 2. The number of anilines is 2. The van der Waals surface area contributed by atoms with Gasteiger partial charge in [-0.25, -0.2) is 23.2 Å². The zero-order valence-electron chi connectivity index (χ0n) is 30.5. The van der Waals surface area contributed by atoms with Crippen LogP contribution in [0.2, 0.25) is 0 Å². The van der Waals surface area contributed by atoms with Crippen LogP contribution >= 0.6 is 0 Å². The molecule has 3 aliphatic heterocycles. The van der Waals surface area contributed by atoms with E-state index in [9.17, 15) is 31.2 Å². The normalized spacial score (nSPS) is 20.1. The van der Waals surface area contributed by atoms with Gasteiger partial charge in [-0.15, -0.1) is 0 Å². The number of piperidine rings is 2. The van der Waals surface area contributed by atoms with Crippen molar-refractivity contribution in [2.24, 2.45) is 23.7 Å². The fourth-order valence-electron chi connectivity index (χ4n) is 7.22. The van der Waals surface area contributed by atoms with Gasteiger partial charge in [0.1, 0.15) is 4.91 Å². The van der Waals surface area contributed by atoms with Crippen molar-refractivity contribution in [1.82, 2.24) is 34.3 Å². The molecule has 15 nitrogen and oxygen atoms in total. The number of aromatic nitrogens is 4. The summed E-state index contributed by atoms with van der Waals surface area (Å²) in [5, 5.41) is 10.8. The number of likely N-dealkylation sites (tertiary alicyclic amines) is 1. The summed E-state index contributed by atoms with van der Waals surface area (Å²) in [5.74, 6) is 0.853. The number of alkyl halides is 3. The summed E-state index contributed by atoms with van der Waals surface area (Å²) in [5.41, 5.74) is 7.39. The summed E-state index contributed by atoms with van der Waals surface area (Å²) in [6.07, 6.45) is 1.26. The number of halogens is 3.